The summed E-state index contributed by atoms with van der Waals surface area (Å²) < 4.78 is 10.2. The lowest BCUT2D eigenvalue weighted by Crippen LogP contribution is -2.42. The molecule has 0 bridgehead atoms. The summed E-state index contributed by atoms with van der Waals surface area (Å²) in [6.07, 6.45) is 0.139. The molecular formula is C12H27NO4. The van der Waals surface area contributed by atoms with Gasteiger partial charge in [-0.3, -0.25) is 0 Å². The predicted octanol–water partition coefficient (Wildman–Crippen LogP) is 0.149. The summed E-state index contributed by atoms with van der Waals surface area (Å²) in [5.74, 6) is 0. The van der Waals surface area contributed by atoms with Crippen molar-refractivity contribution in [3.8, 4) is 0 Å². The van der Waals surface area contributed by atoms with Crippen molar-refractivity contribution in [2.24, 2.45) is 0 Å². The van der Waals surface area contributed by atoms with Crippen molar-refractivity contribution in [3.05, 3.63) is 0 Å². The maximum atomic E-state index is 9.92. The minimum atomic E-state index is -0.811. The van der Waals surface area contributed by atoms with E-state index in [0.717, 1.165) is 0 Å². The van der Waals surface area contributed by atoms with E-state index in [2.05, 4.69) is 5.32 Å². The van der Waals surface area contributed by atoms with Crippen LogP contribution in [0.3, 0.4) is 0 Å². The molecule has 3 N–H and O–H groups in total. The lowest BCUT2D eigenvalue weighted by molar-refractivity contribution is -0.00193. The van der Waals surface area contributed by atoms with Crippen molar-refractivity contribution in [3.63, 3.8) is 0 Å². The largest absolute Gasteiger partial charge is 0.389 e. The summed E-state index contributed by atoms with van der Waals surface area (Å²) in [7, 11) is 1.61. The maximum absolute atomic E-state index is 9.92. The molecule has 0 radical (unpaired) electrons. The first-order chi connectivity index (χ1) is 7.87. The number of ether oxygens (including phenoxy) is 2. The number of rotatable bonds is 10. The van der Waals surface area contributed by atoms with Crippen LogP contribution in [0.15, 0.2) is 0 Å². The fourth-order valence-corrected chi connectivity index (χ4v) is 1.28. The number of hydrogen-bond acceptors (Lipinski definition) is 5. The zero-order valence-electron chi connectivity index (χ0n) is 11.4. The molecular weight excluding hydrogens is 222 g/mol. The van der Waals surface area contributed by atoms with Gasteiger partial charge in [0.05, 0.1) is 24.4 Å². The van der Waals surface area contributed by atoms with Crippen molar-refractivity contribution >= 4 is 0 Å². The third-order valence-electron chi connectivity index (χ3n) is 2.35. The maximum Gasteiger partial charge on any atom is 0.0897 e. The minimum Gasteiger partial charge on any atom is -0.389 e. The van der Waals surface area contributed by atoms with Crippen molar-refractivity contribution in [2.45, 2.75) is 45.0 Å². The van der Waals surface area contributed by atoms with Crippen LogP contribution in [0.4, 0.5) is 0 Å². The quantitative estimate of drug-likeness (QED) is 0.514. The molecule has 0 aromatic rings. The van der Waals surface area contributed by atoms with E-state index < -0.39 is 11.7 Å². The Kier molecular flexibility index (Phi) is 8.72. The Hall–Kier alpha value is -0.200. The number of methoxy groups -OCH3 is 1. The second-order valence-corrected chi connectivity index (χ2v) is 4.91. The zero-order valence-corrected chi connectivity index (χ0v) is 11.4. The third-order valence-corrected chi connectivity index (χ3v) is 2.35. The molecule has 0 saturated carbocycles. The first-order valence-corrected chi connectivity index (χ1v) is 6.09. The smallest absolute Gasteiger partial charge is 0.0897 e. The van der Waals surface area contributed by atoms with Crippen molar-refractivity contribution in [2.75, 3.05) is 33.4 Å². The van der Waals surface area contributed by atoms with Gasteiger partial charge in [0, 0.05) is 33.2 Å². The Morgan fingerprint density at radius 3 is 2.53 bits per heavy atom. The molecule has 0 heterocycles. The van der Waals surface area contributed by atoms with Gasteiger partial charge in [0.15, 0.2) is 0 Å². The average molecular weight is 249 g/mol. The molecule has 17 heavy (non-hydrogen) atoms. The zero-order chi connectivity index (χ0) is 13.3. The summed E-state index contributed by atoms with van der Waals surface area (Å²) in [6.45, 7) is 7.27. The van der Waals surface area contributed by atoms with E-state index in [0.29, 0.717) is 32.7 Å². The summed E-state index contributed by atoms with van der Waals surface area (Å²) in [6, 6.07) is 0. The lowest BCUT2D eigenvalue weighted by Gasteiger charge is -2.24. The Balaban J connectivity index is 3.60. The Morgan fingerprint density at radius 1 is 1.35 bits per heavy atom. The van der Waals surface area contributed by atoms with Gasteiger partial charge in [0.25, 0.3) is 0 Å². The van der Waals surface area contributed by atoms with Crippen LogP contribution in [-0.4, -0.2) is 61.4 Å². The van der Waals surface area contributed by atoms with Gasteiger partial charge in [-0.1, -0.05) is 0 Å². The van der Waals surface area contributed by atoms with Gasteiger partial charge in [0.1, 0.15) is 0 Å². The van der Waals surface area contributed by atoms with E-state index in [1.54, 1.807) is 14.0 Å². The molecule has 0 amide bonds. The average Bonchev–Trinajstić information content (AvgIpc) is 2.23. The van der Waals surface area contributed by atoms with E-state index in [1.807, 2.05) is 13.8 Å². The molecule has 0 rings (SSSR count). The molecule has 0 aromatic carbocycles. The fourth-order valence-electron chi connectivity index (χ4n) is 1.28. The van der Waals surface area contributed by atoms with E-state index in [4.69, 9.17) is 9.47 Å². The van der Waals surface area contributed by atoms with Gasteiger partial charge in [-0.2, -0.15) is 0 Å². The molecule has 5 nitrogen and oxygen atoms in total. The second-order valence-electron chi connectivity index (χ2n) is 4.91. The molecule has 2 atom stereocenters. The summed E-state index contributed by atoms with van der Waals surface area (Å²) in [4.78, 5) is 0. The monoisotopic (exact) mass is 249 g/mol. The standard InChI is InChI=1S/C12H27NO4/c1-10(2)17-8-11(14)7-13-9-12(3,15)5-6-16-4/h10-11,13-15H,5-9H2,1-4H3. The summed E-state index contributed by atoms with van der Waals surface area (Å²) in [5.41, 5.74) is -0.811. The van der Waals surface area contributed by atoms with Gasteiger partial charge in [-0.15, -0.1) is 0 Å². The predicted molar refractivity (Wildman–Crippen MR) is 67.1 cm³/mol. The SMILES string of the molecule is COCCC(C)(O)CNCC(O)COC(C)C. The Labute approximate surface area is 104 Å². The molecule has 0 fully saturated rings. The van der Waals surface area contributed by atoms with Crippen molar-refractivity contribution in [1.82, 2.24) is 5.32 Å². The van der Waals surface area contributed by atoms with Crippen LogP contribution in [0.1, 0.15) is 27.2 Å². The molecule has 104 valence electrons. The molecule has 0 aliphatic heterocycles. The van der Waals surface area contributed by atoms with E-state index >= 15 is 0 Å². The van der Waals surface area contributed by atoms with E-state index in [1.165, 1.54) is 0 Å². The van der Waals surface area contributed by atoms with Crippen molar-refractivity contribution < 1.29 is 19.7 Å². The highest BCUT2D eigenvalue weighted by Gasteiger charge is 2.19. The summed E-state index contributed by atoms with van der Waals surface area (Å²) in [5, 5.41) is 22.5. The van der Waals surface area contributed by atoms with Crippen LogP contribution in [0.2, 0.25) is 0 Å². The molecule has 0 spiro atoms. The Morgan fingerprint density at radius 2 is 2.00 bits per heavy atom. The molecule has 0 aromatic heterocycles. The number of nitrogens with one attached hydrogen (secondary N) is 1. The number of hydrogen-bond donors (Lipinski definition) is 3. The first-order valence-electron chi connectivity index (χ1n) is 6.09. The number of aliphatic hydroxyl groups excluding tert-OH is 1. The molecule has 0 saturated heterocycles. The van der Waals surface area contributed by atoms with Crippen LogP contribution in [-0.2, 0) is 9.47 Å². The van der Waals surface area contributed by atoms with Gasteiger partial charge in [-0.05, 0) is 20.8 Å². The van der Waals surface area contributed by atoms with Crippen LogP contribution < -0.4 is 5.32 Å². The van der Waals surface area contributed by atoms with Crippen LogP contribution >= 0.6 is 0 Å². The van der Waals surface area contributed by atoms with Crippen LogP contribution in [0.25, 0.3) is 0 Å². The fraction of sp³-hybridized carbons (Fsp3) is 1.00. The molecule has 5 heteroatoms. The lowest BCUT2D eigenvalue weighted by atomic mass is 10.0. The normalized spacial score (nSPS) is 17.1. The van der Waals surface area contributed by atoms with Crippen molar-refractivity contribution in [1.29, 1.82) is 0 Å². The van der Waals surface area contributed by atoms with Crippen LogP contribution in [0.5, 0.6) is 0 Å². The topological polar surface area (TPSA) is 71.0 Å². The van der Waals surface area contributed by atoms with Gasteiger partial charge < -0.3 is 25.0 Å². The second kappa shape index (κ2) is 8.83. The molecule has 2 unspecified atom stereocenters. The highest BCUT2D eigenvalue weighted by molar-refractivity contribution is 4.76. The first kappa shape index (κ1) is 16.8. The molecule has 0 aliphatic rings. The highest BCUT2D eigenvalue weighted by Crippen LogP contribution is 2.07. The highest BCUT2D eigenvalue weighted by atomic mass is 16.5. The van der Waals surface area contributed by atoms with Gasteiger partial charge >= 0.3 is 0 Å². The Bertz CT molecular complexity index is 185. The van der Waals surface area contributed by atoms with Gasteiger partial charge in [-0.25, -0.2) is 0 Å². The van der Waals surface area contributed by atoms with Crippen LogP contribution in [0, 0.1) is 0 Å². The van der Waals surface area contributed by atoms with Gasteiger partial charge in [0.2, 0.25) is 0 Å². The third kappa shape index (κ3) is 10.7. The minimum absolute atomic E-state index is 0.120. The molecule has 0 aliphatic carbocycles. The van der Waals surface area contributed by atoms with E-state index in [9.17, 15) is 10.2 Å². The van der Waals surface area contributed by atoms with E-state index in [-0.39, 0.29) is 6.10 Å². The summed E-state index contributed by atoms with van der Waals surface area (Å²) >= 11 is 0. The number of aliphatic hydroxyl groups is 2.